The highest BCUT2D eigenvalue weighted by molar-refractivity contribution is 5.94. The molecule has 7 nitrogen and oxygen atoms in total. The highest BCUT2D eigenvalue weighted by atomic mass is 16.2. The van der Waals surface area contributed by atoms with Crippen molar-refractivity contribution in [2.45, 2.75) is 59.4 Å². The van der Waals surface area contributed by atoms with Gasteiger partial charge in [0.15, 0.2) is 0 Å². The first-order valence-electron chi connectivity index (χ1n) is 14.0. The number of aromatic nitrogens is 1. The third kappa shape index (κ3) is 8.63. The molecule has 0 saturated heterocycles. The Morgan fingerprint density at radius 3 is 2.46 bits per heavy atom. The first kappa shape index (κ1) is 28.3. The van der Waals surface area contributed by atoms with E-state index in [0.29, 0.717) is 6.54 Å². The molecule has 1 unspecified atom stereocenters. The molecule has 2 N–H and O–H groups in total. The standard InChI is InChI=1S/C32H42N6O/c1-31(2,24-32(3,4)18-21-38-23-29(36-37-38)26-14-10-19-33-22-26)17-11-20-34-30(39)35-28-16-9-8-15-27(28)25-12-6-5-7-13-25/h5-10,12-16,19,22,29H,11,17-18,20-21,23-24H2,1-4H3,(H2,34,35,39). The van der Waals surface area contributed by atoms with Crippen LogP contribution in [0.25, 0.3) is 11.1 Å². The van der Waals surface area contributed by atoms with Crippen LogP contribution in [0.5, 0.6) is 0 Å². The van der Waals surface area contributed by atoms with Gasteiger partial charge in [0, 0.05) is 31.0 Å². The zero-order valence-electron chi connectivity index (χ0n) is 23.7. The van der Waals surface area contributed by atoms with Crippen molar-refractivity contribution in [2.24, 2.45) is 21.2 Å². The third-order valence-electron chi connectivity index (χ3n) is 7.35. The van der Waals surface area contributed by atoms with Crippen LogP contribution in [0.15, 0.2) is 89.5 Å². The number of para-hydroxylation sites is 1. The number of anilines is 1. The van der Waals surface area contributed by atoms with E-state index in [9.17, 15) is 4.79 Å². The minimum atomic E-state index is -0.166. The summed E-state index contributed by atoms with van der Waals surface area (Å²) in [6.45, 7) is 11.7. The average molecular weight is 527 g/mol. The molecule has 2 amide bonds. The molecule has 2 aromatic carbocycles. The van der Waals surface area contributed by atoms with Gasteiger partial charge in [-0.2, -0.15) is 5.11 Å². The fraction of sp³-hybridized carbons (Fsp3) is 0.438. The van der Waals surface area contributed by atoms with E-state index in [4.69, 9.17) is 0 Å². The maximum Gasteiger partial charge on any atom is 0.319 e. The zero-order valence-corrected chi connectivity index (χ0v) is 23.7. The molecule has 0 fully saturated rings. The van der Waals surface area contributed by atoms with Crippen molar-refractivity contribution in [1.82, 2.24) is 15.3 Å². The van der Waals surface area contributed by atoms with Crippen molar-refractivity contribution in [3.05, 3.63) is 84.7 Å². The largest absolute Gasteiger partial charge is 0.338 e. The summed E-state index contributed by atoms with van der Waals surface area (Å²) in [6.07, 6.45) is 7.80. The van der Waals surface area contributed by atoms with Crippen LogP contribution in [-0.2, 0) is 0 Å². The summed E-state index contributed by atoms with van der Waals surface area (Å²) in [5.41, 5.74) is 4.38. The fourth-order valence-electron chi connectivity index (χ4n) is 5.59. The summed E-state index contributed by atoms with van der Waals surface area (Å²) in [5.74, 6) is 0. The molecule has 0 spiro atoms. The maximum atomic E-state index is 12.6. The highest BCUT2D eigenvalue weighted by Crippen LogP contribution is 2.39. The van der Waals surface area contributed by atoms with Crippen molar-refractivity contribution < 1.29 is 4.79 Å². The molecule has 7 heteroatoms. The van der Waals surface area contributed by atoms with Gasteiger partial charge in [-0.05, 0) is 59.8 Å². The SMILES string of the molecule is CC(C)(CCCNC(=O)Nc1ccccc1-c1ccccc1)CC(C)(C)CCN1CC(c2cccnc2)N=N1. The van der Waals surface area contributed by atoms with Crippen LogP contribution in [0.1, 0.15) is 65.0 Å². The molecule has 0 aliphatic carbocycles. The molecule has 39 heavy (non-hydrogen) atoms. The molecule has 1 atom stereocenters. The lowest BCUT2D eigenvalue weighted by Gasteiger charge is -2.36. The fourth-order valence-corrected chi connectivity index (χ4v) is 5.59. The number of hydrogen-bond acceptors (Lipinski definition) is 5. The number of pyridine rings is 1. The van der Waals surface area contributed by atoms with E-state index in [1.54, 1.807) is 6.20 Å². The summed E-state index contributed by atoms with van der Waals surface area (Å²) in [5, 5.41) is 17.0. The van der Waals surface area contributed by atoms with Gasteiger partial charge in [0.25, 0.3) is 0 Å². The van der Waals surface area contributed by atoms with Crippen molar-refractivity contribution in [2.75, 3.05) is 25.0 Å². The third-order valence-corrected chi connectivity index (χ3v) is 7.35. The monoisotopic (exact) mass is 526 g/mol. The Morgan fingerprint density at radius 1 is 0.949 bits per heavy atom. The molecular weight excluding hydrogens is 484 g/mol. The molecule has 1 aliphatic rings. The second kappa shape index (κ2) is 12.9. The van der Waals surface area contributed by atoms with Crippen molar-refractivity contribution >= 4 is 11.7 Å². The average Bonchev–Trinajstić information content (AvgIpc) is 3.40. The van der Waals surface area contributed by atoms with Gasteiger partial charge in [-0.15, -0.1) is 0 Å². The highest BCUT2D eigenvalue weighted by Gasteiger charge is 2.30. The molecular formula is C32H42N6O. The Kier molecular flexibility index (Phi) is 9.33. The number of hydrogen-bond donors (Lipinski definition) is 2. The van der Waals surface area contributed by atoms with E-state index >= 15 is 0 Å². The molecule has 0 bridgehead atoms. The van der Waals surface area contributed by atoms with Gasteiger partial charge in [0.05, 0.1) is 12.2 Å². The lowest BCUT2D eigenvalue weighted by Crippen LogP contribution is -2.31. The number of rotatable bonds is 12. The predicted molar refractivity (Wildman–Crippen MR) is 158 cm³/mol. The van der Waals surface area contributed by atoms with E-state index in [0.717, 1.165) is 61.2 Å². The summed E-state index contributed by atoms with van der Waals surface area (Å²) >= 11 is 0. The lowest BCUT2D eigenvalue weighted by molar-refractivity contribution is 0.148. The second-order valence-corrected chi connectivity index (χ2v) is 12.1. The van der Waals surface area contributed by atoms with E-state index in [-0.39, 0.29) is 22.9 Å². The van der Waals surface area contributed by atoms with Crippen LogP contribution in [0, 0.1) is 10.8 Å². The van der Waals surface area contributed by atoms with Gasteiger partial charge in [-0.3, -0.25) is 9.99 Å². The quantitative estimate of drug-likeness (QED) is 0.235. The van der Waals surface area contributed by atoms with Crippen molar-refractivity contribution in [1.29, 1.82) is 0 Å². The Morgan fingerprint density at radius 2 is 1.69 bits per heavy atom. The summed E-state index contributed by atoms with van der Waals surface area (Å²) in [7, 11) is 0. The summed E-state index contributed by atoms with van der Waals surface area (Å²) < 4.78 is 0. The number of amides is 2. The Hall–Kier alpha value is -3.74. The number of carbonyl (C=O) groups is 1. The van der Waals surface area contributed by atoms with Gasteiger partial charge in [-0.1, -0.05) is 87.5 Å². The van der Waals surface area contributed by atoms with Crippen LogP contribution in [-0.4, -0.2) is 35.7 Å². The second-order valence-electron chi connectivity index (χ2n) is 12.1. The van der Waals surface area contributed by atoms with E-state index < -0.39 is 0 Å². The lowest BCUT2D eigenvalue weighted by atomic mass is 9.71. The number of benzene rings is 2. The minimum Gasteiger partial charge on any atom is -0.338 e. The van der Waals surface area contributed by atoms with Crippen LogP contribution in [0.2, 0.25) is 0 Å². The van der Waals surface area contributed by atoms with Gasteiger partial charge >= 0.3 is 6.03 Å². The van der Waals surface area contributed by atoms with Crippen LogP contribution in [0.3, 0.4) is 0 Å². The topological polar surface area (TPSA) is 82.0 Å². The first-order chi connectivity index (χ1) is 18.7. The van der Waals surface area contributed by atoms with Crippen molar-refractivity contribution in [3.8, 4) is 11.1 Å². The van der Waals surface area contributed by atoms with Gasteiger partial charge in [0.1, 0.15) is 6.04 Å². The maximum absolute atomic E-state index is 12.6. The minimum absolute atomic E-state index is 0.0785. The molecule has 3 aromatic rings. The van der Waals surface area contributed by atoms with Gasteiger partial charge in [0.2, 0.25) is 0 Å². The molecule has 0 saturated carbocycles. The van der Waals surface area contributed by atoms with E-state index in [1.165, 1.54) is 0 Å². The van der Waals surface area contributed by atoms with E-state index in [2.05, 4.69) is 76.9 Å². The molecule has 206 valence electrons. The Labute approximate surface area is 233 Å². The molecule has 1 aliphatic heterocycles. The molecule has 1 aromatic heterocycles. The van der Waals surface area contributed by atoms with Crippen LogP contribution in [0.4, 0.5) is 10.5 Å². The van der Waals surface area contributed by atoms with Gasteiger partial charge in [-0.25, -0.2) is 4.79 Å². The first-order valence-corrected chi connectivity index (χ1v) is 14.0. The van der Waals surface area contributed by atoms with Crippen LogP contribution < -0.4 is 10.6 Å². The number of carbonyl (C=O) groups excluding carboxylic acids is 1. The molecule has 0 radical (unpaired) electrons. The number of nitrogens with one attached hydrogen (secondary N) is 2. The zero-order chi connectivity index (χ0) is 27.7. The number of nitrogens with zero attached hydrogens (tertiary/aromatic N) is 4. The predicted octanol–water partition coefficient (Wildman–Crippen LogP) is 7.91. The van der Waals surface area contributed by atoms with E-state index in [1.807, 2.05) is 54.7 Å². The number of urea groups is 1. The Bertz CT molecular complexity index is 1230. The summed E-state index contributed by atoms with van der Waals surface area (Å²) in [6, 6.07) is 21.9. The summed E-state index contributed by atoms with van der Waals surface area (Å²) in [4.78, 5) is 16.8. The van der Waals surface area contributed by atoms with Crippen LogP contribution >= 0.6 is 0 Å². The normalized spacial score (nSPS) is 15.4. The molecule has 2 heterocycles. The van der Waals surface area contributed by atoms with Gasteiger partial charge < -0.3 is 10.6 Å². The van der Waals surface area contributed by atoms with Crippen molar-refractivity contribution in [3.63, 3.8) is 0 Å². The Balaban J connectivity index is 1.17. The smallest absolute Gasteiger partial charge is 0.319 e. The molecule has 4 rings (SSSR count).